The molecule has 6 heteroatoms. The number of carbonyl (C=O) groups excluding carboxylic acids is 1. The van der Waals surface area contributed by atoms with Gasteiger partial charge in [0, 0.05) is 50.6 Å². The van der Waals surface area contributed by atoms with Crippen molar-refractivity contribution < 1.29 is 9.90 Å². The zero-order valence-corrected chi connectivity index (χ0v) is 14.0. The van der Waals surface area contributed by atoms with Gasteiger partial charge in [0.1, 0.15) is 0 Å². The average molecular weight is 323 g/mol. The summed E-state index contributed by atoms with van der Waals surface area (Å²) in [4.78, 5) is 20.1. The summed E-state index contributed by atoms with van der Waals surface area (Å²) in [5, 5.41) is 12.4. The van der Waals surface area contributed by atoms with Crippen LogP contribution < -0.4 is 0 Å². The van der Waals surface area contributed by atoms with Gasteiger partial charge in [0.25, 0.3) is 0 Å². The first kappa shape index (κ1) is 15.9. The van der Waals surface area contributed by atoms with Gasteiger partial charge in [-0.3, -0.25) is 9.69 Å². The van der Waals surface area contributed by atoms with Crippen molar-refractivity contribution in [3.05, 3.63) is 22.4 Å². The maximum Gasteiger partial charge on any atom is 0.223 e. The number of hydrogen-bond donors (Lipinski definition) is 1. The quantitative estimate of drug-likeness (QED) is 0.877. The predicted octanol–water partition coefficient (Wildman–Crippen LogP) is 0.500. The number of likely N-dealkylation sites (tertiary alicyclic amines) is 1. The van der Waals surface area contributed by atoms with Crippen LogP contribution in [0.25, 0.3) is 0 Å². The molecule has 1 amide bonds. The number of piperazine rings is 1. The molecule has 2 aliphatic rings. The Kier molecular flexibility index (Phi) is 5.13. The van der Waals surface area contributed by atoms with E-state index >= 15 is 0 Å². The highest BCUT2D eigenvalue weighted by atomic mass is 32.1. The molecular weight excluding hydrogens is 298 g/mol. The molecule has 1 N–H and O–H groups in total. The zero-order chi connectivity index (χ0) is 15.5. The van der Waals surface area contributed by atoms with Crippen molar-refractivity contribution >= 4 is 17.2 Å². The van der Waals surface area contributed by atoms with Gasteiger partial charge >= 0.3 is 0 Å². The Morgan fingerprint density at radius 1 is 1.32 bits per heavy atom. The molecule has 3 rings (SSSR count). The topological polar surface area (TPSA) is 47.0 Å². The number of aryl methyl sites for hydroxylation is 1. The Bertz CT molecular complexity index is 486. The van der Waals surface area contributed by atoms with Crippen molar-refractivity contribution in [3.8, 4) is 0 Å². The second-order valence-electron chi connectivity index (χ2n) is 6.35. The summed E-state index contributed by atoms with van der Waals surface area (Å²) in [5.74, 6) is 0.170. The highest BCUT2D eigenvalue weighted by Crippen LogP contribution is 2.20. The number of aliphatic hydroxyl groups is 1. The summed E-state index contributed by atoms with van der Waals surface area (Å²) >= 11 is 1.70. The van der Waals surface area contributed by atoms with Crippen LogP contribution in [0.4, 0.5) is 0 Å². The van der Waals surface area contributed by atoms with Gasteiger partial charge in [-0.2, -0.15) is 0 Å². The van der Waals surface area contributed by atoms with Gasteiger partial charge in [0.15, 0.2) is 0 Å². The van der Waals surface area contributed by atoms with Crippen molar-refractivity contribution in [2.75, 3.05) is 46.3 Å². The van der Waals surface area contributed by atoms with Crippen LogP contribution in [0.15, 0.2) is 17.5 Å². The number of nitrogens with zero attached hydrogens (tertiary/aromatic N) is 3. The third-order valence-corrected chi connectivity index (χ3v) is 5.72. The van der Waals surface area contributed by atoms with Crippen molar-refractivity contribution in [2.45, 2.75) is 25.0 Å². The molecule has 5 nitrogen and oxygen atoms in total. The molecule has 1 aromatic rings. The van der Waals surface area contributed by atoms with E-state index in [4.69, 9.17) is 0 Å². The molecule has 2 saturated heterocycles. The lowest BCUT2D eigenvalue weighted by Crippen LogP contribution is -2.52. The molecule has 1 aromatic heterocycles. The minimum absolute atomic E-state index is 0.111. The molecule has 3 heterocycles. The number of thiophene rings is 1. The zero-order valence-electron chi connectivity index (χ0n) is 13.1. The molecule has 2 fully saturated rings. The van der Waals surface area contributed by atoms with Crippen LogP contribution in [0, 0.1) is 0 Å². The van der Waals surface area contributed by atoms with Crippen LogP contribution in [-0.4, -0.2) is 84.2 Å². The third-order valence-electron chi connectivity index (χ3n) is 4.78. The minimum atomic E-state index is -0.408. The second-order valence-corrected chi connectivity index (χ2v) is 7.38. The number of hydrogen-bond acceptors (Lipinski definition) is 5. The summed E-state index contributed by atoms with van der Waals surface area (Å²) in [6, 6.07) is 4.21. The first-order valence-electron chi connectivity index (χ1n) is 8.04. The number of aliphatic hydroxyl groups excluding tert-OH is 1. The molecule has 0 spiro atoms. The standard InChI is InChI=1S/C16H25N3O2S/c1-17-6-8-18(9-7-17)14-11-19(12-15(14)20)16(21)5-4-13-3-2-10-22-13/h2-3,10,14-15,20H,4-9,11-12H2,1H3/t14-,15-/m1/s1. The van der Waals surface area contributed by atoms with E-state index in [9.17, 15) is 9.90 Å². The van der Waals surface area contributed by atoms with Crippen LogP contribution in [0.1, 0.15) is 11.3 Å². The highest BCUT2D eigenvalue weighted by Gasteiger charge is 2.38. The first-order valence-corrected chi connectivity index (χ1v) is 8.92. The lowest BCUT2D eigenvalue weighted by atomic mass is 10.1. The Hall–Kier alpha value is -0.950. The van der Waals surface area contributed by atoms with Gasteiger partial charge in [0.2, 0.25) is 5.91 Å². The van der Waals surface area contributed by atoms with Crippen molar-refractivity contribution in [1.82, 2.24) is 14.7 Å². The minimum Gasteiger partial charge on any atom is -0.390 e. The van der Waals surface area contributed by atoms with Crippen LogP contribution >= 0.6 is 11.3 Å². The summed E-state index contributed by atoms with van der Waals surface area (Å²) in [6.45, 7) is 5.20. The van der Waals surface area contributed by atoms with Gasteiger partial charge in [-0.15, -0.1) is 11.3 Å². The predicted molar refractivity (Wildman–Crippen MR) is 88.1 cm³/mol. The van der Waals surface area contributed by atoms with Crippen LogP contribution in [0.2, 0.25) is 0 Å². The van der Waals surface area contributed by atoms with Gasteiger partial charge < -0.3 is 14.9 Å². The maximum absolute atomic E-state index is 12.4. The Morgan fingerprint density at radius 2 is 2.09 bits per heavy atom. The molecule has 0 unspecified atom stereocenters. The normalized spacial score (nSPS) is 27.5. The second kappa shape index (κ2) is 7.08. The molecule has 2 atom stereocenters. The fraction of sp³-hybridized carbons (Fsp3) is 0.688. The van der Waals surface area contributed by atoms with Crippen molar-refractivity contribution in [1.29, 1.82) is 0 Å². The summed E-state index contributed by atoms with van der Waals surface area (Å²) < 4.78 is 0. The van der Waals surface area contributed by atoms with Gasteiger partial charge in [-0.1, -0.05) is 6.07 Å². The fourth-order valence-electron chi connectivity index (χ4n) is 3.33. The molecule has 2 aliphatic heterocycles. The SMILES string of the molecule is CN1CCN([C@@H]2CN(C(=O)CCc3cccs3)C[C@H]2O)CC1. The molecule has 122 valence electrons. The monoisotopic (exact) mass is 323 g/mol. The van der Waals surface area contributed by atoms with E-state index in [0.717, 1.165) is 32.6 Å². The molecule has 0 bridgehead atoms. The first-order chi connectivity index (χ1) is 10.6. The molecule has 0 aromatic carbocycles. The largest absolute Gasteiger partial charge is 0.390 e. The van der Waals surface area contributed by atoms with Crippen LogP contribution in [-0.2, 0) is 11.2 Å². The van der Waals surface area contributed by atoms with Crippen molar-refractivity contribution in [2.24, 2.45) is 0 Å². The molecule has 0 saturated carbocycles. The van der Waals surface area contributed by atoms with E-state index in [1.807, 2.05) is 16.3 Å². The number of rotatable bonds is 4. The van der Waals surface area contributed by atoms with Gasteiger partial charge in [-0.25, -0.2) is 0 Å². The van der Waals surface area contributed by atoms with E-state index < -0.39 is 6.10 Å². The van der Waals surface area contributed by atoms with E-state index in [1.54, 1.807) is 11.3 Å². The van der Waals surface area contributed by atoms with E-state index in [2.05, 4.69) is 22.9 Å². The van der Waals surface area contributed by atoms with Crippen LogP contribution in [0.3, 0.4) is 0 Å². The Labute approximate surface area is 136 Å². The number of β-amino-alcohol motifs (C(OH)–C–C–N with tert-alkyl or cyclic N) is 1. The number of likely N-dealkylation sites (N-methyl/N-ethyl adjacent to an activating group) is 1. The van der Waals surface area contributed by atoms with E-state index in [-0.39, 0.29) is 11.9 Å². The van der Waals surface area contributed by atoms with Crippen molar-refractivity contribution in [3.63, 3.8) is 0 Å². The summed E-state index contributed by atoms with van der Waals surface area (Å²) in [6.07, 6.45) is 0.944. The number of carbonyl (C=O) groups is 1. The van der Waals surface area contributed by atoms with E-state index in [1.165, 1.54) is 4.88 Å². The lowest BCUT2D eigenvalue weighted by Gasteiger charge is -2.37. The Morgan fingerprint density at radius 3 is 2.77 bits per heavy atom. The smallest absolute Gasteiger partial charge is 0.223 e. The molecule has 0 aliphatic carbocycles. The summed E-state index contributed by atoms with van der Waals surface area (Å²) in [7, 11) is 2.13. The van der Waals surface area contributed by atoms with E-state index in [0.29, 0.717) is 19.5 Å². The lowest BCUT2D eigenvalue weighted by molar-refractivity contribution is -0.130. The van der Waals surface area contributed by atoms with Gasteiger partial charge in [-0.05, 0) is 24.9 Å². The van der Waals surface area contributed by atoms with Gasteiger partial charge in [0.05, 0.1) is 12.1 Å². The molecular formula is C16H25N3O2S. The Balaban J connectivity index is 1.50. The fourth-order valence-corrected chi connectivity index (χ4v) is 4.04. The molecule has 0 radical (unpaired) electrons. The maximum atomic E-state index is 12.4. The molecule has 22 heavy (non-hydrogen) atoms. The summed E-state index contributed by atoms with van der Waals surface area (Å²) in [5.41, 5.74) is 0. The number of amides is 1. The third kappa shape index (κ3) is 3.68. The van der Waals surface area contributed by atoms with Crippen LogP contribution in [0.5, 0.6) is 0 Å². The highest BCUT2D eigenvalue weighted by molar-refractivity contribution is 7.09. The average Bonchev–Trinajstić information content (AvgIpc) is 3.15.